The van der Waals surface area contributed by atoms with Crippen molar-refractivity contribution >= 4 is 11.6 Å². The minimum absolute atomic E-state index is 0.0235. The van der Waals surface area contributed by atoms with Crippen molar-refractivity contribution in [1.29, 1.82) is 5.26 Å². The van der Waals surface area contributed by atoms with E-state index >= 15 is 0 Å². The molecular formula is C30H33FN4O3. The van der Waals surface area contributed by atoms with Crippen molar-refractivity contribution in [2.45, 2.75) is 70.6 Å². The summed E-state index contributed by atoms with van der Waals surface area (Å²) < 4.78 is 25.5. The number of rotatable bonds is 11. The number of halogens is 1. The van der Waals surface area contributed by atoms with Gasteiger partial charge in [0.2, 0.25) is 5.91 Å². The Kier molecular flexibility index (Phi) is 6.83. The standard InChI is InChI=1S/C30H33FN4O3/c1-4-25-33-26(38-34-25)22-7-5-8-24(15-22)35(27(36)29-17-30(31,18-29)19-29)13-6-14-37-16-21-9-11-23(12-10-21)28(2,3)20-32/h5,7-12,15H,4,6,13-14,16-19H2,1-3H3. The van der Waals surface area contributed by atoms with Crippen LogP contribution in [0, 0.1) is 16.7 Å². The van der Waals surface area contributed by atoms with Crippen molar-refractivity contribution in [2.75, 3.05) is 18.1 Å². The Labute approximate surface area is 222 Å². The van der Waals surface area contributed by atoms with Crippen LogP contribution in [-0.4, -0.2) is 34.9 Å². The van der Waals surface area contributed by atoms with Crippen molar-refractivity contribution in [3.63, 3.8) is 0 Å². The van der Waals surface area contributed by atoms with E-state index in [0.717, 1.165) is 22.4 Å². The molecule has 8 heteroatoms. The number of aromatic nitrogens is 2. The third-order valence-electron chi connectivity index (χ3n) is 7.75. The minimum Gasteiger partial charge on any atom is -0.377 e. The number of aryl methyl sites for hydroxylation is 1. The molecule has 2 bridgehead atoms. The number of nitriles is 1. The molecule has 7 nitrogen and oxygen atoms in total. The van der Waals surface area contributed by atoms with Gasteiger partial charge in [-0.3, -0.25) is 4.79 Å². The second-order valence-corrected chi connectivity index (χ2v) is 11.2. The summed E-state index contributed by atoms with van der Waals surface area (Å²) in [6, 6.07) is 17.7. The molecule has 0 N–H and O–H groups in total. The maximum atomic E-state index is 14.3. The molecule has 3 fully saturated rings. The smallest absolute Gasteiger partial charge is 0.257 e. The number of anilines is 1. The summed E-state index contributed by atoms with van der Waals surface area (Å²) in [7, 11) is 0. The van der Waals surface area contributed by atoms with Gasteiger partial charge in [-0.1, -0.05) is 42.4 Å². The van der Waals surface area contributed by atoms with E-state index in [2.05, 4.69) is 16.2 Å². The molecule has 38 heavy (non-hydrogen) atoms. The van der Waals surface area contributed by atoms with Crippen molar-refractivity contribution in [3.05, 3.63) is 65.5 Å². The third kappa shape index (κ3) is 4.95. The third-order valence-corrected chi connectivity index (χ3v) is 7.75. The highest BCUT2D eigenvalue weighted by Crippen LogP contribution is 2.70. The van der Waals surface area contributed by atoms with Crippen LogP contribution in [0.4, 0.5) is 10.1 Å². The van der Waals surface area contributed by atoms with E-state index in [-0.39, 0.29) is 5.91 Å². The molecule has 0 spiro atoms. The van der Waals surface area contributed by atoms with Crippen LogP contribution >= 0.6 is 0 Å². The molecule has 1 aromatic heterocycles. The molecule has 0 aliphatic heterocycles. The van der Waals surface area contributed by atoms with Crippen molar-refractivity contribution in [2.24, 2.45) is 5.41 Å². The molecule has 2 aromatic carbocycles. The predicted molar refractivity (Wildman–Crippen MR) is 141 cm³/mol. The van der Waals surface area contributed by atoms with Gasteiger partial charge in [-0.05, 0) is 68.9 Å². The summed E-state index contributed by atoms with van der Waals surface area (Å²) in [6.07, 6.45) is 2.24. The van der Waals surface area contributed by atoms with E-state index in [4.69, 9.17) is 9.26 Å². The molecule has 1 amide bonds. The highest BCUT2D eigenvalue weighted by molar-refractivity contribution is 6.00. The largest absolute Gasteiger partial charge is 0.377 e. The average molecular weight is 517 g/mol. The molecule has 0 unspecified atom stereocenters. The zero-order valence-electron chi connectivity index (χ0n) is 22.2. The molecule has 0 saturated heterocycles. The Bertz CT molecular complexity index is 1340. The van der Waals surface area contributed by atoms with E-state index in [1.165, 1.54) is 0 Å². The normalized spacial score (nSPS) is 21.8. The molecule has 3 saturated carbocycles. The summed E-state index contributed by atoms with van der Waals surface area (Å²) in [6.45, 7) is 7.13. The Morgan fingerprint density at radius 3 is 2.58 bits per heavy atom. The van der Waals surface area contributed by atoms with Gasteiger partial charge in [0, 0.05) is 30.8 Å². The van der Waals surface area contributed by atoms with Crippen molar-refractivity contribution in [3.8, 4) is 17.5 Å². The number of carbonyl (C=O) groups is 1. The fourth-order valence-electron chi connectivity index (χ4n) is 5.44. The van der Waals surface area contributed by atoms with E-state index in [1.807, 2.05) is 69.3 Å². The molecular weight excluding hydrogens is 483 g/mol. The van der Waals surface area contributed by atoms with Gasteiger partial charge in [-0.15, -0.1) is 0 Å². The van der Waals surface area contributed by atoms with Crippen LogP contribution in [0.15, 0.2) is 53.1 Å². The van der Waals surface area contributed by atoms with Gasteiger partial charge in [0.05, 0.1) is 23.5 Å². The van der Waals surface area contributed by atoms with Crippen molar-refractivity contribution < 1.29 is 18.4 Å². The van der Waals surface area contributed by atoms with Crippen LogP contribution in [0.2, 0.25) is 0 Å². The molecule has 6 rings (SSSR count). The zero-order chi connectivity index (χ0) is 27.0. The lowest BCUT2D eigenvalue weighted by atomic mass is 9.42. The average Bonchev–Trinajstić information content (AvgIpc) is 3.38. The maximum absolute atomic E-state index is 14.3. The second-order valence-electron chi connectivity index (χ2n) is 11.2. The Morgan fingerprint density at radius 2 is 1.95 bits per heavy atom. The lowest BCUT2D eigenvalue weighted by Gasteiger charge is -2.65. The van der Waals surface area contributed by atoms with Crippen LogP contribution in [0.1, 0.15) is 63.4 Å². The molecule has 0 atom stereocenters. The van der Waals surface area contributed by atoms with E-state index in [0.29, 0.717) is 63.6 Å². The van der Waals surface area contributed by atoms with Gasteiger partial charge >= 0.3 is 0 Å². The fraction of sp³-hybridized carbons (Fsp3) is 0.467. The number of hydrogen-bond acceptors (Lipinski definition) is 6. The first kappa shape index (κ1) is 26.1. The molecule has 3 aromatic rings. The van der Waals surface area contributed by atoms with Crippen LogP contribution in [0.3, 0.4) is 0 Å². The highest BCUT2D eigenvalue weighted by Gasteiger charge is 2.73. The first-order valence-corrected chi connectivity index (χ1v) is 13.2. The Balaban J connectivity index is 1.23. The number of alkyl halides is 1. The lowest BCUT2D eigenvalue weighted by Crippen LogP contribution is -2.70. The Hall–Kier alpha value is -3.57. The molecule has 3 aliphatic carbocycles. The molecule has 3 aliphatic rings. The SMILES string of the molecule is CCc1noc(-c2cccc(N(CCCOCc3ccc(C(C)(C)C#N)cc3)C(=O)C34CC(F)(C3)C4)c2)n1. The summed E-state index contributed by atoms with van der Waals surface area (Å²) in [5, 5.41) is 13.3. The van der Waals surface area contributed by atoms with Gasteiger partial charge in [0.1, 0.15) is 5.67 Å². The minimum atomic E-state index is -1.15. The number of nitrogens with zero attached hydrogens (tertiary/aromatic N) is 4. The van der Waals surface area contributed by atoms with E-state index in [9.17, 15) is 14.4 Å². The maximum Gasteiger partial charge on any atom is 0.257 e. The summed E-state index contributed by atoms with van der Waals surface area (Å²) >= 11 is 0. The van der Waals surface area contributed by atoms with Gasteiger partial charge < -0.3 is 14.2 Å². The number of benzene rings is 2. The predicted octanol–water partition coefficient (Wildman–Crippen LogP) is 5.93. The fourth-order valence-corrected chi connectivity index (χ4v) is 5.44. The van der Waals surface area contributed by atoms with E-state index < -0.39 is 16.5 Å². The van der Waals surface area contributed by atoms with E-state index in [1.54, 1.807) is 4.90 Å². The van der Waals surface area contributed by atoms with Crippen LogP contribution < -0.4 is 4.90 Å². The summed E-state index contributed by atoms with van der Waals surface area (Å²) in [5.74, 6) is 1.02. The number of ether oxygens (including phenoxy) is 1. The molecule has 198 valence electrons. The van der Waals surface area contributed by atoms with Gasteiger partial charge in [-0.2, -0.15) is 10.2 Å². The van der Waals surface area contributed by atoms with Gasteiger partial charge in [0.15, 0.2) is 5.82 Å². The van der Waals surface area contributed by atoms with Crippen molar-refractivity contribution in [1.82, 2.24) is 10.1 Å². The number of hydrogen-bond donors (Lipinski definition) is 0. The van der Waals surface area contributed by atoms with Crippen LogP contribution in [0.5, 0.6) is 0 Å². The topological polar surface area (TPSA) is 92.2 Å². The molecule has 0 radical (unpaired) electrons. The van der Waals surface area contributed by atoms with Gasteiger partial charge in [0.25, 0.3) is 5.89 Å². The lowest BCUT2D eigenvalue weighted by molar-refractivity contribution is -0.211. The second kappa shape index (κ2) is 9.95. The Morgan fingerprint density at radius 1 is 1.21 bits per heavy atom. The number of amides is 1. The first-order valence-electron chi connectivity index (χ1n) is 13.2. The monoisotopic (exact) mass is 516 g/mol. The molecule has 1 heterocycles. The van der Waals surface area contributed by atoms with Crippen LogP contribution in [0.25, 0.3) is 11.5 Å². The zero-order valence-corrected chi connectivity index (χ0v) is 22.2. The quantitative estimate of drug-likeness (QED) is 0.293. The number of carbonyl (C=O) groups excluding carboxylic acids is 1. The van der Waals surface area contributed by atoms with Crippen LogP contribution in [-0.2, 0) is 28.0 Å². The summed E-state index contributed by atoms with van der Waals surface area (Å²) in [5.41, 5.74) is 1.21. The first-order chi connectivity index (χ1) is 18.2. The highest BCUT2D eigenvalue weighted by atomic mass is 19.1. The summed E-state index contributed by atoms with van der Waals surface area (Å²) in [4.78, 5) is 19.8. The van der Waals surface area contributed by atoms with Gasteiger partial charge in [-0.25, -0.2) is 4.39 Å².